The van der Waals surface area contributed by atoms with Crippen LogP contribution < -0.4 is 14.3 Å². The van der Waals surface area contributed by atoms with Gasteiger partial charge in [-0.1, -0.05) is 6.07 Å². The third-order valence-corrected chi connectivity index (χ3v) is 8.58. The quantitative estimate of drug-likeness (QED) is 0.572. The zero-order chi connectivity index (χ0) is 24.4. The third-order valence-electron chi connectivity index (χ3n) is 7.11. The average Bonchev–Trinajstić information content (AvgIpc) is 3.59. The average molecular weight is 504 g/mol. The van der Waals surface area contributed by atoms with E-state index in [1.807, 2.05) is 0 Å². The highest BCUT2D eigenvalue weighted by Gasteiger charge is 2.34. The molecule has 0 unspecified atom stereocenters. The van der Waals surface area contributed by atoms with Gasteiger partial charge in [-0.25, -0.2) is 13.8 Å². The van der Waals surface area contributed by atoms with Gasteiger partial charge in [0.05, 0.1) is 31.1 Å². The zero-order valence-electron chi connectivity index (χ0n) is 20.1. The molecule has 1 saturated heterocycles. The van der Waals surface area contributed by atoms with Crippen LogP contribution in [0.5, 0.6) is 0 Å². The van der Waals surface area contributed by atoms with E-state index in [1.54, 1.807) is 18.0 Å². The fourth-order valence-electron chi connectivity index (χ4n) is 5.51. The number of carbonyl (C=O) groups excluding carboxylic acids is 1. The molecule has 10 nitrogen and oxygen atoms in total. The first-order chi connectivity index (χ1) is 17.0. The van der Waals surface area contributed by atoms with E-state index in [2.05, 4.69) is 21.2 Å². The Morgan fingerprint density at radius 3 is 2.51 bits per heavy atom. The molecule has 5 rings (SSSR count). The Morgan fingerprint density at radius 1 is 1.17 bits per heavy atom. The second kappa shape index (κ2) is 10.2. The van der Waals surface area contributed by atoms with Gasteiger partial charge in [-0.3, -0.25) is 4.68 Å². The first-order valence-corrected chi connectivity index (χ1v) is 13.8. The van der Waals surface area contributed by atoms with E-state index < -0.39 is 16.2 Å². The van der Waals surface area contributed by atoms with Gasteiger partial charge in [0.2, 0.25) is 0 Å². The number of benzene rings is 1. The van der Waals surface area contributed by atoms with Gasteiger partial charge >= 0.3 is 16.2 Å². The van der Waals surface area contributed by atoms with Crippen molar-refractivity contribution in [2.45, 2.75) is 64.0 Å². The monoisotopic (exact) mass is 503 g/mol. The van der Waals surface area contributed by atoms with E-state index in [4.69, 9.17) is 9.47 Å². The van der Waals surface area contributed by atoms with Gasteiger partial charge in [-0.2, -0.15) is 13.5 Å². The number of methoxy groups -OCH3 is 1. The topological polar surface area (TPSA) is 115 Å². The highest BCUT2D eigenvalue weighted by Crippen LogP contribution is 2.38. The summed E-state index contributed by atoms with van der Waals surface area (Å²) in [6.45, 7) is 1.87. The summed E-state index contributed by atoms with van der Waals surface area (Å²) in [7, 11) is -2.60. The van der Waals surface area contributed by atoms with Crippen LogP contribution in [0, 0.1) is 0 Å². The lowest BCUT2D eigenvalue weighted by Crippen LogP contribution is -2.51. The highest BCUT2D eigenvalue weighted by atomic mass is 32.2. The molecule has 2 amide bonds. The summed E-state index contributed by atoms with van der Waals surface area (Å²) in [5.74, 6) is 0. The Labute approximate surface area is 206 Å². The first-order valence-electron chi connectivity index (χ1n) is 12.3. The minimum atomic E-state index is -4.20. The van der Waals surface area contributed by atoms with Crippen molar-refractivity contribution in [2.24, 2.45) is 0 Å². The van der Waals surface area contributed by atoms with Crippen molar-refractivity contribution in [3.63, 3.8) is 0 Å². The molecule has 2 N–H and O–H groups in total. The van der Waals surface area contributed by atoms with E-state index in [1.165, 1.54) is 21.6 Å². The molecule has 1 aliphatic heterocycles. The molecule has 35 heavy (non-hydrogen) atoms. The van der Waals surface area contributed by atoms with E-state index in [0.29, 0.717) is 44.9 Å². The molecule has 11 heteroatoms. The lowest BCUT2D eigenvalue weighted by Gasteiger charge is -2.33. The van der Waals surface area contributed by atoms with Crippen molar-refractivity contribution in [1.29, 1.82) is 0 Å². The maximum Gasteiger partial charge on any atom is 0.334 e. The molecule has 3 aliphatic rings. The maximum atomic E-state index is 13.6. The predicted octanol–water partition coefficient (Wildman–Crippen LogP) is 2.56. The highest BCUT2D eigenvalue weighted by molar-refractivity contribution is 7.91. The Hall–Kier alpha value is -2.63. The molecule has 2 aliphatic carbocycles. The standard InChI is InChI=1S/C24H33N5O5S/c1-33-13-10-28-16-20(15-25-28)29(19-8-11-34-12-9-19)35(31,32)27-24(30)26-23-21-6-2-4-17(21)14-18-5-3-7-22(18)23/h14-16,19H,2-13H2,1H3,(H2,26,27,30). The number of ether oxygens (including phenoxy) is 2. The van der Waals surface area contributed by atoms with Crippen molar-refractivity contribution in [3.8, 4) is 0 Å². The molecule has 0 bridgehead atoms. The Morgan fingerprint density at radius 2 is 1.86 bits per heavy atom. The lowest BCUT2D eigenvalue weighted by molar-refractivity contribution is 0.0875. The van der Waals surface area contributed by atoms with Gasteiger partial charge in [0, 0.05) is 32.2 Å². The van der Waals surface area contributed by atoms with Crippen molar-refractivity contribution in [2.75, 3.05) is 36.6 Å². The van der Waals surface area contributed by atoms with E-state index in [-0.39, 0.29) is 6.04 Å². The number of carbonyl (C=O) groups is 1. The maximum absolute atomic E-state index is 13.6. The molecular formula is C24H33N5O5S. The molecule has 2 aromatic rings. The van der Waals surface area contributed by atoms with Gasteiger partial charge in [0.25, 0.3) is 0 Å². The molecule has 1 fully saturated rings. The molecule has 190 valence electrons. The van der Waals surface area contributed by atoms with Gasteiger partial charge in [-0.15, -0.1) is 0 Å². The van der Waals surface area contributed by atoms with E-state index in [9.17, 15) is 13.2 Å². The molecule has 0 saturated carbocycles. The van der Waals surface area contributed by atoms with E-state index >= 15 is 0 Å². The first kappa shape index (κ1) is 24.1. The Bertz CT molecular complexity index is 1160. The second-order valence-electron chi connectivity index (χ2n) is 9.39. The van der Waals surface area contributed by atoms with Gasteiger partial charge in [-0.05, 0) is 73.6 Å². The minimum absolute atomic E-state index is 0.334. The normalized spacial score (nSPS) is 17.7. The van der Waals surface area contributed by atoms with Crippen LogP contribution in [0.2, 0.25) is 0 Å². The fourth-order valence-corrected chi connectivity index (χ4v) is 6.87. The number of hydrogen-bond acceptors (Lipinski definition) is 6. The van der Waals surface area contributed by atoms with Crippen LogP contribution in [0.4, 0.5) is 16.2 Å². The van der Waals surface area contributed by atoms with Crippen molar-refractivity contribution in [1.82, 2.24) is 14.5 Å². The molecule has 1 aromatic carbocycles. The number of anilines is 2. The van der Waals surface area contributed by atoms with Gasteiger partial charge < -0.3 is 14.8 Å². The second-order valence-corrected chi connectivity index (χ2v) is 10.9. The number of aromatic nitrogens is 2. The van der Waals surface area contributed by atoms with Crippen LogP contribution >= 0.6 is 0 Å². The Balaban J connectivity index is 1.39. The molecule has 2 heterocycles. The van der Waals surface area contributed by atoms with Crippen LogP contribution in [-0.4, -0.2) is 57.2 Å². The van der Waals surface area contributed by atoms with Crippen molar-refractivity contribution in [3.05, 3.63) is 40.7 Å². The van der Waals surface area contributed by atoms with Gasteiger partial charge in [0.1, 0.15) is 0 Å². The summed E-state index contributed by atoms with van der Waals surface area (Å²) in [5, 5.41) is 7.20. The van der Waals surface area contributed by atoms with Crippen LogP contribution in [-0.2, 0) is 51.9 Å². The number of fused-ring (bicyclic) bond motifs is 2. The van der Waals surface area contributed by atoms with Crippen LogP contribution in [0.1, 0.15) is 47.9 Å². The fraction of sp³-hybridized carbons (Fsp3) is 0.583. The number of hydrogen-bond donors (Lipinski definition) is 2. The summed E-state index contributed by atoms with van der Waals surface area (Å²) >= 11 is 0. The summed E-state index contributed by atoms with van der Waals surface area (Å²) in [4.78, 5) is 13.1. The molecule has 0 radical (unpaired) electrons. The van der Waals surface area contributed by atoms with Crippen LogP contribution in [0.3, 0.4) is 0 Å². The predicted molar refractivity (Wildman–Crippen MR) is 132 cm³/mol. The van der Waals surface area contributed by atoms with Crippen LogP contribution in [0.25, 0.3) is 0 Å². The largest absolute Gasteiger partial charge is 0.383 e. The summed E-state index contributed by atoms with van der Waals surface area (Å²) in [6, 6.07) is 1.21. The van der Waals surface area contributed by atoms with E-state index in [0.717, 1.165) is 55.3 Å². The molecule has 0 spiro atoms. The number of aryl methyl sites for hydroxylation is 2. The summed E-state index contributed by atoms with van der Waals surface area (Å²) in [6.07, 6.45) is 10.2. The van der Waals surface area contributed by atoms with Crippen molar-refractivity contribution < 1.29 is 22.7 Å². The SMILES string of the molecule is COCCn1cc(N(C2CCOCC2)S(=O)(=O)NC(=O)Nc2c3c(cc4c2CCC4)CCC3)cn1. The third kappa shape index (κ3) is 5.03. The number of nitrogens with one attached hydrogen (secondary N) is 2. The minimum Gasteiger partial charge on any atom is -0.383 e. The van der Waals surface area contributed by atoms with Gasteiger partial charge in [0.15, 0.2) is 0 Å². The number of amides is 2. The molecule has 0 atom stereocenters. The summed E-state index contributed by atoms with van der Waals surface area (Å²) < 4.78 is 42.9. The van der Waals surface area contributed by atoms with Crippen molar-refractivity contribution >= 4 is 27.6 Å². The smallest absolute Gasteiger partial charge is 0.334 e. The number of urea groups is 1. The summed E-state index contributed by atoms with van der Waals surface area (Å²) in [5.41, 5.74) is 6.07. The zero-order valence-corrected chi connectivity index (χ0v) is 20.9. The lowest BCUT2D eigenvalue weighted by atomic mass is 9.99. The van der Waals surface area contributed by atoms with Crippen LogP contribution in [0.15, 0.2) is 18.5 Å². The molecular weight excluding hydrogens is 470 g/mol. The molecule has 1 aromatic heterocycles. The Kier molecular flexibility index (Phi) is 6.99. The number of nitrogens with zero attached hydrogens (tertiary/aromatic N) is 3. The number of rotatable bonds is 8.